The Morgan fingerprint density at radius 2 is 1.50 bits per heavy atom. The van der Waals surface area contributed by atoms with Crippen molar-refractivity contribution in [2.24, 2.45) is 0 Å². The van der Waals surface area contributed by atoms with Crippen LogP contribution in [0.5, 0.6) is 5.75 Å². The fourth-order valence-corrected chi connectivity index (χ4v) is 3.07. The first-order valence-corrected chi connectivity index (χ1v) is 8.82. The summed E-state index contributed by atoms with van der Waals surface area (Å²) in [6.45, 7) is 0.545. The van der Waals surface area contributed by atoms with Gasteiger partial charge in [-0.15, -0.1) is 0 Å². The van der Waals surface area contributed by atoms with Crippen LogP contribution >= 0.6 is 0 Å². The minimum Gasteiger partial charge on any atom is -0.490 e. The van der Waals surface area contributed by atoms with Gasteiger partial charge in [0, 0.05) is 6.07 Å². The van der Waals surface area contributed by atoms with Crippen LogP contribution in [0.1, 0.15) is 26.3 Å². The van der Waals surface area contributed by atoms with Crippen LogP contribution in [0.3, 0.4) is 0 Å². The van der Waals surface area contributed by atoms with E-state index in [2.05, 4.69) is 5.10 Å². The first-order chi connectivity index (χ1) is 13.6. The predicted molar refractivity (Wildman–Crippen MR) is 101 cm³/mol. The Hall–Kier alpha value is -3.74. The van der Waals surface area contributed by atoms with Gasteiger partial charge in [0.2, 0.25) is 0 Å². The molecular formula is C21H17N3O4. The number of rotatable bonds is 6. The Morgan fingerprint density at radius 3 is 2.14 bits per heavy atom. The van der Waals surface area contributed by atoms with Crippen molar-refractivity contribution in [1.29, 1.82) is 0 Å². The number of hydrogen-bond acceptors (Lipinski definition) is 5. The summed E-state index contributed by atoms with van der Waals surface area (Å²) in [4.78, 5) is 38.0. The number of nitrogens with zero attached hydrogens (tertiary/aromatic N) is 3. The zero-order chi connectivity index (χ0) is 19.5. The van der Waals surface area contributed by atoms with Gasteiger partial charge in [0.05, 0.1) is 30.4 Å². The van der Waals surface area contributed by atoms with Gasteiger partial charge < -0.3 is 4.74 Å². The van der Waals surface area contributed by atoms with E-state index in [9.17, 15) is 14.4 Å². The highest BCUT2D eigenvalue weighted by Crippen LogP contribution is 2.22. The molecule has 0 fully saturated rings. The number of hydrogen-bond donors (Lipinski definition) is 0. The summed E-state index contributed by atoms with van der Waals surface area (Å²) < 4.78 is 6.87. The van der Waals surface area contributed by atoms with E-state index >= 15 is 0 Å². The number of imide groups is 1. The quantitative estimate of drug-likeness (QED) is 0.615. The topological polar surface area (TPSA) is 81.5 Å². The normalized spacial score (nSPS) is 12.9. The molecule has 1 aliphatic rings. The molecule has 0 saturated heterocycles. The zero-order valence-electron chi connectivity index (χ0n) is 14.9. The third-order valence-electron chi connectivity index (χ3n) is 4.48. The molecule has 1 aromatic heterocycles. The molecule has 0 atom stereocenters. The maximum Gasteiger partial charge on any atom is 0.270 e. The van der Waals surface area contributed by atoms with Crippen LogP contribution in [0.25, 0.3) is 0 Å². The van der Waals surface area contributed by atoms with E-state index in [0.29, 0.717) is 23.4 Å². The summed E-state index contributed by atoms with van der Waals surface area (Å²) in [5.74, 6) is -0.368. The lowest BCUT2D eigenvalue weighted by atomic mass is 10.1. The monoisotopic (exact) mass is 375 g/mol. The van der Waals surface area contributed by atoms with Crippen LogP contribution in [-0.4, -0.2) is 39.6 Å². The van der Waals surface area contributed by atoms with E-state index in [1.165, 1.54) is 16.9 Å². The van der Waals surface area contributed by atoms with Crippen LogP contribution in [0.15, 0.2) is 71.7 Å². The second-order valence-corrected chi connectivity index (χ2v) is 6.33. The van der Waals surface area contributed by atoms with Gasteiger partial charge in [-0.1, -0.05) is 42.5 Å². The van der Waals surface area contributed by atoms with Gasteiger partial charge in [0.15, 0.2) is 0 Å². The van der Waals surface area contributed by atoms with Crippen LogP contribution in [0.2, 0.25) is 0 Å². The van der Waals surface area contributed by atoms with Gasteiger partial charge in [-0.25, -0.2) is 4.68 Å². The molecule has 1 aliphatic heterocycles. The average Bonchev–Trinajstić information content (AvgIpc) is 2.96. The molecule has 0 bridgehead atoms. The highest BCUT2D eigenvalue weighted by atomic mass is 16.5. The average molecular weight is 375 g/mol. The van der Waals surface area contributed by atoms with E-state index in [0.717, 1.165) is 10.5 Å². The molecule has 0 radical (unpaired) electrons. The number of amides is 2. The first-order valence-electron chi connectivity index (χ1n) is 8.82. The van der Waals surface area contributed by atoms with Gasteiger partial charge in [-0.05, 0) is 17.7 Å². The minimum atomic E-state index is -0.333. The summed E-state index contributed by atoms with van der Waals surface area (Å²) >= 11 is 0. The van der Waals surface area contributed by atoms with Crippen LogP contribution in [0.4, 0.5) is 0 Å². The molecule has 0 N–H and O–H groups in total. The van der Waals surface area contributed by atoms with Crippen LogP contribution < -0.4 is 10.3 Å². The summed E-state index contributed by atoms with van der Waals surface area (Å²) in [5, 5.41) is 4.12. The van der Waals surface area contributed by atoms with E-state index in [4.69, 9.17) is 4.74 Å². The smallest absolute Gasteiger partial charge is 0.270 e. The van der Waals surface area contributed by atoms with Crippen molar-refractivity contribution in [1.82, 2.24) is 14.7 Å². The number of aromatic nitrogens is 2. The number of ether oxygens (including phenoxy) is 1. The molecule has 0 spiro atoms. The molecule has 2 aromatic carbocycles. The largest absolute Gasteiger partial charge is 0.490 e. The number of fused-ring (bicyclic) bond motifs is 1. The maximum atomic E-state index is 12.3. The van der Waals surface area contributed by atoms with E-state index in [1.807, 2.05) is 30.3 Å². The lowest BCUT2D eigenvalue weighted by Gasteiger charge is -2.14. The van der Waals surface area contributed by atoms with Gasteiger partial charge in [-0.3, -0.25) is 19.3 Å². The highest BCUT2D eigenvalue weighted by Gasteiger charge is 2.34. The Bertz CT molecular complexity index is 1060. The molecular weight excluding hydrogens is 358 g/mol. The fourth-order valence-electron chi connectivity index (χ4n) is 3.07. The number of carbonyl (C=O) groups excluding carboxylic acids is 2. The molecule has 3 aromatic rings. The summed E-state index contributed by atoms with van der Waals surface area (Å²) in [7, 11) is 0. The second kappa shape index (κ2) is 7.48. The van der Waals surface area contributed by atoms with Crippen molar-refractivity contribution < 1.29 is 14.3 Å². The first kappa shape index (κ1) is 17.7. The van der Waals surface area contributed by atoms with Gasteiger partial charge >= 0.3 is 0 Å². The molecule has 28 heavy (non-hydrogen) atoms. The van der Waals surface area contributed by atoms with Crippen molar-refractivity contribution in [2.75, 3.05) is 13.2 Å². The van der Waals surface area contributed by atoms with Crippen molar-refractivity contribution in [3.8, 4) is 5.75 Å². The lowest BCUT2D eigenvalue weighted by molar-refractivity contribution is 0.0631. The predicted octanol–water partition coefficient (Wildman–Crippen LogP) is 1.97. The van der Waals surface area contributed by atoms with Crippen LogP contribution in [-0.2, 0) is 6.54 Å². The van der Waals surface area contributed by atoms with Crippen molar-refractivity contribution >= 4 is 11.8 Å². The Morgan fingerprint density at radius 1 is 0.857 bits per heavy atom. The third-order valence-corrected chi connectivity index (χ3v) is 4.48. The van der Waals surface area contributed by atoms with E-state index in [-0.39, 0.29) is 30.5 Å². The van der Waals surface area contributed by atoms with Crippen molar-refractivity contribution in [3.63, 3.8) is 0 Å². The highest BCUT2D eigenvalue weighted by molar-refractivity contribution is 6.21. The molecule has 2 amide bonds. The molecule has 0 unspecified atom stereocenters. The zero-order valence-corrected chi connectivity index (χ0v) is 14.9. The Labute approximate surface area is 160 Å². The minimum absolute atomic E-state index is 0.0787. The molecule has 2 heterocycles. The van der Waals surface area contributed by atoms with E-state index in [1.54, 1.807) is 24.3 Å². The Kier molecular flexibility index (Phi) is 4.72. The van der Waals surface area contributed by atoms with Gasteiger partial charge in [0.25, 0.3) is 17.4 Å². The maximum absolute atomic E-state index is 12.3. The summed E-state index contributed by atoms with van der Waals surface area (Å²) in [5.41, 5.74) is 1.48. The van der Waals surface area contributed by atoms with Crippen LogP contribution in [0, 0.1) is 0 Å². The standard InChI is InChI=1S/C21H17N3O4/c25-19-12-16(13-22-24(19)14-15-6-2-1-3-7-15)28-11-10-23-20(26)17-8-4-5-9-18(17)21(23)27/h1-9,12-13H,10-11,14H2. The van der Waals surface area contributed by atoms with Crippen molar-refractivity contribution in [2.45, 2.75) is 6.54 Å². The van der Waals surface area contributed by atoms with Gasteiger partial charge in [0.1, 0.15) is 12.4 Å². The van der Waals surface area contributed by atoms with Gasteiger partial charge in [-0.2, -0.15) is 5.10 Å². The SMILES string of the molecule is O=C1c2ccccc2C(=O)N1CCOc1cnn(Cc2ccccc2)c(=O)c1. The second-order valence-electron chi connectivity index (χ2n) is 6.33. The molecule has 140 valence electrons. The lowest BCUT2D eigenvalue weighted by Crippen LogP contribution is -2.33. The number of benzene rings is 2. The molecule has 0 aliphatic carbocycles. The molecule has 7 nitrogen and oxygen atoms in total. The molecule has 4 rings (SSSR count). The van der Waals surface area contributed by atoms with E-state index < -0.39 is 0 Å². The molecule has 7 heteroatoms. The summed E-state index contributed by atoms with van der Waals surface area (Å²) in [6.07, 6.45) is 1.45. The summed E-state index contributed by atoms with van der Waals surface area (Å²) in [6, 6.07) is 17.6. The fraction of sp³-hybridized carbons (Fsp3) is 0.143. The number of carbonyl (C=O) groups is 2. The molecule has 0 saturated carbocycles. The van der Waals surface area contributed by atoms with Crippen molar-refractivity contribution in [3.05, 3.63) is 93.9 Å². The third kappa shape index (κ3) is 3.42. The Balaban J connectivity index is 1.37.